The molecule has 1 heterocycles. The van der Waals surface area contributed by atoms with Crippen LogP contribution in [0.1, 0.15) is 16.7 Å². The van der Waals surface area contributed by atoms with Crippen molar-refractivity contribution in [1.29, 1.82) is 5.26 Å². The summed E-state index contributed by atoms with van der Waals surface area (Å²) in [5.74, 6) is -0.565. The quantitative estimate of drug-likeness (QED) is 0.352. The third-order valence-electron chi connectivity index (χ3n) is 4.85. The van der Waals surface area contributed by atoms with Crippen molar-refractivity contribution in [1.82, 2.24) is 0 Å². The van der Waals surface area contributed by atoms with Gasteiger partial charge in [-0.15, -0.1) is 0 Å². The van der Waals surface area contributed by atoms with Crippen LogP contribution >= 0.6 is 0 Å². The summed E-state index contributed by atoms with van der Waals surface area (Å²) in [6.45, 7) is 5.97. The first kappa shape index (κ1) is 21.0. The number of nitro benzene ring substituents is 1. The smallest absolute Gasteiger partial charge is 0.293 e. The lowest BCUT2D eigenvalue weighted by molar-refractivity contribution is -0.384. The van der Waals surface area contributed by atoms with Crippen molar-refractivity contribution in [2.24, 2.45) is 0 Å². The lowest BCUT2D eigenvalue weighted by Gasteiger charge is -2.28. The number of morpholine rings is 1. The molecular formula is C22H22N4O4. The van der Waals surface area contributed by atoms with Crippen LogP contribution in [0.3, 0.4) is 0 Å². The van der Waals surface area contributed by atoms with Gasteiger partial charge in [0.25, 0.3) is 11.6 Å². The van der Waals surface area contributed by atoms with Crippen molar-refractivity contribution in [3.8, 4) is 6.07 Å². The average molecular weight is 406 g/mol. The number of rotatable bonds is 5. The Balaban J connectivity index is 1.87. The third-order valence-corrected chi connectivity index (χ3v) is 4.85. The van der Waals surface area contributed by atoms with Crippen LogP contribution in [-0.2, 0) is 9.53 Å². The highest BCUT2D eigenvalue weighted by atomic mass is 16.6. The summed E-state index contributed by atoms with van der Waals surface area (Å²) < 4.78 is 5.30. The summed E-state index contributed by atoms with van der Waals surface area (Å²) in [7, 11) is 0. The molecule has 0 bridgehead atoms. The molecule has 1 N–H and O–H groups in total. The van der Waals surface area contributed by atoms with E-state index in [0.29, 0.717) is 43.2 Å². The van der Waals surface area contributed by atoms with Gasteiger partial charge in [0.2, 0.25) is 0 Å². The van der Waals surface area contributed by atoms with E-state index in [4.69, 9.17) is 4.74 Å². The Bertz CT molecular complexity index is 1050. The maximum Gasteiger partial charge on any atom is 0.293 e. The fraction of sp³-hybridized carbons (Fsp3) is 0.273. The van der Waals surface area contributed by atoms with Crippen LogP contribution in [-0.4, -0.2) is 37.1 Å². The summed E-state index contributed by atoms with van der Waals surface area (Å²) in [6.07, 6.45) is 1.36. The zero-order valence-electron chi connectivity index (χ0n) is 16.8. The molecule has 1 fully saturated rings. The SMILES string of the molecule is Cc1ccc(NC(=O)/C(C#N)=C\c2ccc(N3CCOCC3)c([N+](=O)[O-])c2)c(C)c1. The third kappa shape index (κ3) is 4.82. The number of nitriles is 1. The number of anilines is 2. The molecule has 1 aliphatic heterocycles. The Morgan fingerprint density at radius 3 is 2.60 bits per heavy atom. The van der Waals surface area contributed by atoms with Crippen molar-refractivity contribution in [2.45, 2.75) is 13.8 Å². The van der Waals surface area contributed by atoms with Crippen LogP contribution in [0, 0.1) is 35.3 Å². The number of carbonyl (C=O) groups excluding carboxylic acids is 1. The standard InChI is InChI=1S/C22H22N4O4/c1-15-3-5-19(16(2)11-15)24-22(27)18(14-23)12-17-4-6-20(21(13-17)26(28)29)25-7-9-30-10-8-25/h3-6,11-13H,7-10H2,1-2H3,(H,24,27)/b18-12-. The van der Waals surface area contributed by atoms with Gasteiger partial charge in [-0.3, -0.25) is 14.9 Å². The van der Waals surface area contributed by atoms with E-state index in [-0.39, 0.29) is 11.3 Å². The normalized spacial score (nSPS) is 14.2. The predicted molar refractivity (Wildman–Crippen MR) is 114 cm³/mol. The molecule has 30 heavy (non-hydrogen) atoms. The predicted octanol–water partition coefficient (Wildman–Crippen LogP) is 3.59. The van der Waals surface area contributed by atoms with Crippen molar-refractivity contribution in [3.63, 3.8) is 0 Å². The molecular weight excluding hydrogens is 384 g/mol. The van der Waals surface area contributed by atoms with Gasteiger partial charge < -0.3 is 15.0 Å². The van der Waals surface area contributed by atoms with E-state index >= 15 is 0 Å². The van der Waals surface area contributed by atoms with Crippen LogP contribution in [0.25, 0.3) is 6.08 Å². The van der Waals surface area contributed by atoms with Crippen molar-refractivity contribution < 1.29 is 14.5 Å². The van der Waals surface area contributed by atoms with Gasteiger partial charge in [0.05, 0.1) is 18.1 Å². The minimum Gasteiger partial charge on any atom is -0.378 e. The first-order valence-corrected chi connectivity index (χ1v) is 9.50. The van der Waals surface area contributed by atoms with Gasteiger partial charge in [0, 0.05) is 24.8 Å². The van der Waals surface area contributed by atoms with Gasteiger partial charge >= 0.3 is 0 Å². The molecule has 0 aromatic heterocycles. The largest absolute Gasteiger partial charge is 0.378 e. The molecule has 3 rings (SSSR count). The van der Waals surface area contributed by atoms with E-state index in [1.807, 2.05) is 36.9 Å². The van der Waals surface area contributed by atoms with Crippen LogP contribution < -0.4 is 10.2 Å². The molecule has 1 saturated heterocycles. The second-order valence-electron chi connectivity index (χ2n) is 7.05. The molecule has 0 unspecified atom stereocenters. The molecule has 8 heteroatoms. The van der Waals surface area contributed by atoms with Gasteiger partial charge in [-0.05, 0) is 43.2 Å². The van der Waals surface area contributed by atoms with Crippen LogP contribution in [0.5, 0.6) is 0 Å². The molecule has 154 valence electrons. The molecule has 2 aromatic carbocycles. The van der Waals surface area contributed by atoms with Gasteiger partial charge in [-0.25, -0.2) is 0 Å². The summed E-state index contributed by atoms with van der Waals surface area (Å²) in [5, 5.41) is 23.8. The summed E-state index contributed by atoms with van der Waals surface area (Å²) >= 11 is 0. The zero-order chi connectivity index (χ0) is 21.7. The lowest BCUT2D eigenvalue weighted by atomic mass is 10.1. The first-order chi connectivity index (χ1) is 14.4. The second kappa shape index (κ2) is 9.20. The number of nitrogens with one attached hydrogen (secondary N) is 1. The first-order valence-electron chi connectivity index (χ1n) is 9.50. The highest BCUT2D eigenvalue weighted by molar-refractivity contribution is 6.10. The minimum absolute atomic E-state index is 0.0715. The minimum atomic E-state index is -0.565. The molecule has 2 aromatic rings. The number of nitro groups is 1. The van der Waals surface area contributed by atoms with Crippen molar-refractivity contribution in [2.75, 3.05) is 36.5 Å². The van der Waals surface area contributed by atoms with E-state index in [1.165, 1.54) is 12.1 Å². The maximum absolute atomic E-state index is 12.6. The molecule has 0 spiro atoms. The van der Waals surface area contributed by atoms with Crippen LogP contribution in [0.15, 0.2) is 42.0 Å². The number of hydrogen-bond acceptors (Lipinski definition) is 6. The number of aryl methyl sites for hydroxylation is 2. The number of ether oxygens (including phenoxy) is 1. The van der Waals surface area contributed by atoms with E-state index in [9.17, 15) is 20.2 Å². The van der Waals surface area contributed by atoms with E-state index < -0.39 is 10.8 Å². The van der Waals surface area contributed by atoms with Gasteiger partial charge in [-0.1, -0.05) is 23.8 Å². The molecule has 8 nitrogen and oxygen atoms in total. The van der Waals surface area contributed by atoms with Crippen LogP contribution in [0.4, 0.5) is 17.1 Å². The summed E-state index contributed by atoms with van der Waals surface area (Å²) in [4.78, 5) is 25.6. The number of nitrogens with zero attached hydrogens (tertiary/aromatic N) is 3. The molecule has 0 aliphatic carbocycles. The number of carbonyl (C=O) groups is 1. The van der Waals surface area contributed by atoms with E-state index in [1.54, 1.807) is 18.2 Å². The van der Waals surface area contributed by atoms with Gasteiger partial charge in [-0.2, -0.15) is 5.26 Å². The van der Waals surface area contributed by atoms with Gasteiger partial charge in [0.15, 0.2) is 0 Å². The fourth-order valence-electron chi connectivity index (χ4n) is 3.31. The Kier molecular flexibility index (Phi) is 6.45. The lowest BCUT2D eigenvalue weighted by Crippen LogP contribution is -2.36. The average Bonchev–Trinajstić information content (AvgIpc) is 2.74. The van der Waals surface area contributed by atoms with E-state index in [2.05, 4.69) is 5.32 Å². The highest BCUT2D eigenvalue weighted by Crippen LogP contribution is 2.30. The Morgan fingerprint density at radius 2 is 1.97 bits per heavy atom. The molecule has 0 radical (unpaired) electrons. The van der Waals surface area contributed by atoms with Gasteiger partial charge in [0.1, 0.15) is 17.3 Å². The highest BCUT2D eigenvalue weighted by Gasteiger charge is 2.22. The zero-order valence-corrected chi connectivity index (χ0v) is 16.8. The monoisotopic (exact) mass is 406 g/mol. The second-order valence-corrected chi connectivity index (χ2v) is 7.05. The Labute approximate surface area is 174 Å². The topological polar surface area (TPSA) is 108 Å². The van der Waals surface area contributed by atoms with Crippen LogP contribution in [0.2, 0.25) is 0 Å². The Morgan fingerprint density at radius 1 is 1.23 bits per heavy atom. The van der Waals surface area contributed by atoms with Crippen molar-refractivity contribution in [3.05, 3.63) is 68.8 Å². The number of amides is 1. The number of hydrogen-bond donors (Lipinski definition) is 1. The molecule has 0 saturated carbocycles. The maximum atomic E-state index is 12.6. The fourth-order valence-corrected chi connectivity index (χ4v) is 3.31. The molecule has 1 aliphatic rings. The number of benzene rings is 2. The molecule has 1 amide bonds. The summed E-state index contributed by atoms with van der Waals surface area (Å²) in [6, 6.07) is 12.1. The Hall–Kier alpha value is -3.70. The van der Waals surface area contributed by atoms with E-state index in [0.717, 1.165) is 11.1 Å². The molecule has 0 atom stereocenters. The van der Waals surface area contributed by atoms with Crippen molar-refractivity contribution >= 4 is 29.0 Å². The summed E-state index contributed by atoms with van der Waals surface area (Å²) in [5.41, 5.74) is 3.26.